The van der Waals surface area contributed by atoms with Crippen molar-refractivity contribution in [3.8, 4) is 0 Å². The molecule has 0 radical (unpaired) electrons. The molecular formula is C19H27FN2O2. The molecule has 1 aliphatic rings. The second kappa shape index (κ2) is 9.40. The van der Waals surface area contributed by atoms with Crippen LogP contribution in [0, 0.1) is 11.7 Å². The summed E-state index contributed by atoms with van der Waals surface area (Å²) in [6.07, 6.45) is 5.47. The second-order valence-corrected chi connectivity index (χ2v) is 6.48. The average Bonchev–Trinajstić information content (AvgIpc) is 2.60. The topological polar surface area (TPSA) is 49.4 Å². The normalized spacial score (nSPS) is 15.3. The van der Waals surface area contributed by atoms with Gasteiger partial charge in [0, 0.05) is 31.6 Å². The van der Waals surface area contributed by atoms with E-state index in [1.165, 1.54) is 24.3 Å². The number of amides is 2. The van der Waals surface area contributed by atoms with Crippen molar-refractivity contribution < 1.29 is 14.0 Å². The Morgan fingerprint density at radius 3 is 2.50 bits per heavy atom. The molecule has 132 valence electrons. The van der Waals surface area contributed by atoms with E-state index < -0.39 is 0 Å². The number of hydrogen-bond donors (Lipinski definition) is 1. The van der Waals surface area contributed by atoms with Gasteiger partial charge in [-0.1, -0.05) is 13.3 Å². The van der Waals surface area contributed by atoms with Gasteiger partial charge in [-0.2, -0.15) is 0 Å². The fourth-order valence-electron chi connectivity index (χ4n) is 3.04. The highest BCUT2D eigenvalue weighted by atomic mass is 19.1. The number of benzene rings is 1. The summed E-state index contributed by atoms with van der Waals surface area (Å²) < 4.78 is 12.9. The van der Waals surface area contributed by atoms with E-state index in [4.69, 9.17) is 0 Å². The molecule has 2 amide bonds. The molecule has 1 N–H and O–H groups in total. The molecule has 1 aromatic rings. The van der Waals surface area contributed by atoms with Crippen LogP contribution >= 0.6 is 0 Å². The summed E-state index contributed by atoms with van der Waals surface area (Å²) in [5, 5.41) is 2.97. The Kier molecular flexibility index (Phi) is 7.22. The lowest BCUT2D eigenvalue weighted by molar-refractivity contribution is -0.121. The van der Waals surface area contributed by atoms with Crippen LogP contribution in [0.5, 0.6) is 0 Å². The lowest BCUT2D eigenvalue weighted by atomic mass is 9.93. The highest BCUT2D eigenvalue weighted by molar-refractivity contribution is 5.94. The predicted octanol–water partition coefficient (Wildman–Crippen LogP) is 3.37. The summed E-state index contributed by atoms with van der Waals surface area (Å²) in [5.74, 6) is 0.335. The van der Waals surface area contributed by atoms with Gasteiger partial charge in [0.25, 0.3) is 5.91 Å². The summed E-state index contributed by atoms with van der Waals surface area (Å²) in [6, 6.07) is 5.72. The highest BCUT2D eigenvalue weighted by Crippen LogP contribution is 2.21. The van der Waals surface area contributed by atoms with Crippen molar-refractivity contribution in [2.75, 3.05) is 19.6 Å². The molecular weight excluding hydrogens is 307 g/mol. The van der Waals surface area contributed by atoms with Gasteiger partial charge < -0.3 is 10.2 Å². The van der Waals surface area contributed by atoms with Gasteiger partial charge in [-0.3, -0.25) is 9.59 Å². The molecule has 0 unspecified atom stereocenters. The van der Waals surface area contributed by atoms with Gasteiger partial charge in [0.2, 0.25) is 5.91 Å². The molecule has 0 atom stereocenters. The average molecular weight is 334 g/mol. The maximum Gasteiger partial charge on any atom is 0.253 e. The fourth-order valence-corrected chi connectivity index (χ4v) is 3.04. The Morgan fingerprint density at radius 2 is 1.88 bits per heavy atom. The Balaban J connectivity index is 1.68. The molecule has 0 aromatic heterocycles. The molecule has 1 aliphatic heterocycles. The molecule has 0 spiro atoms. The van der Waals surface area contributed by atoms with E-state index in [0.29, 0.717) is 17.9 Å². The number of piperidine rings is 1. The van der Waals surface area contributed by atoms with Crippen molar-refractivity contribution in [3.63, 3.8) is 0 Å². The van der Waals surface area contributed by atoms with Crippen LogP contribution in [0.4, 0.5) is 4.39 Å². The van der Waals surface area contributed by atoms with Crippen LogP contribution in [0.25, 0.3) is 0 Å². The van der Waals surface area contributed by atoms with Crippen molar-refractivity contribution in [1.29, 1.82) is 0 Å². The van der Waals surface area contributed by atoms with Crippen LogP contribution in [0.3, 0.4) is 0 Å². The summed E-state index contributed by atoms with van der Waals surface area (Å²) >= 11 is 0. The van der Waals surface area contributed by atoms with Crippen molar-refractivity contribution >= 4 is 11.8 Å². The van der Waals surface area contributed by atoms with E-state index in [0.717, 1.165) is 51.7 Å². The van der Waals surface area contributed by atoms with E-state index in [-0.39, 0.29) is 17.6 Å². The molecule has 1 heterocycles. The number of hydrogen-bond acceptors (Lipinski definition) is 2. The maximum absolute atomic E-state index is 12.9. The molecule has 0 aliphatic carbocycles. The van der Waals surface area contributed by atoms with Crippen LogP contribution in [0.2, 0.25) is 0 Å². The molecule has 1 fully saturated rings. The Bertz CT molecular complexity index is 537. The zero-order valence-electron chi connectivity index (χ0n) is 14.4. The number of nitrogens with one attached hydrogen (secondary N) is 1. The number of carbonyl (C=O) groups excluding carboxylic acids is 2. The van der Waals surface area contributed by atoms with Crippen molar-refractivity contribution in [2.24, 2.45) is 5.92 Å². The smallest absolute Gasteiger partial charge is 0.253 e. The Hall–Kier alpha value is -1.91. The van der Waals surface area contributed by atoms with Gasteiger partial charge in [0.05, 0.1) is 0 Å². The molecule has 2 rings (SSSR count). The van der Waals surface area contributed by atoms with E-state index in [9.17, 15) is 14.0 Å². The lowest BCUT2D eigenvalue weighted by Crippen LogP contribution is -2.39. The third kappa shape index (κ3) is 5.62. The minimum atomic E-state index is -0.328. The first-order chi connectivity index (χ1) is 11.6. The first-order valence-electron chi connectivity index (χ1n) is 8.91. The first-order valence-corrected chi connectivity index (χ1v) is 8.91. The maximum atomic E-state index is 12.9. The number of unbranched alkanes of at least 4 members (excludes halogenated alkanes) is 1. The lowest BCUT2D eigenvalue weighted by Gasteiger charge is -2.32. The SMILES string of the molecule is CCCCC(=O)NCCC1CCN(C(=O)c2ccc(F)cc2)CC1. The molecule has 0 saturated carbocycles. The van der Waals surface area contributed by atoms with Gasteiger partial charge in [-0.15, -0.1) is 0 Å². The second-order valence-electron chi connectivity index (χ2n) is 6.48. The monoisotopic (exact) mass is 334 g/mol. The van der Waals surface area contributed by atoms with Crippen LogP contribution in [0.15, 0.2) is 24.3 Å². The number of rotatable bonds is 7. The molecule has 0 bridgehead atoms. The van der Waals surface area contributed by atoms with Crippen LogP contribution in [0.1, 0.15) is 55.8 Å². The minimum Gasteiger partial charge on any atom is -0.356 e. The van der Waals surface area contributed by atoms with Gasteiger partial charge in [-0.05, 0) is 55.9 Å². The van der Waals surface area contributed by atoms with E-state index in [1.807, 2.05) is 4.90 Å². The number of carbonyl (C=O) groups is 2. The summed E-state index contributed by atoms with van der Waals surface area (Å²) in [5.41, 5.74) is 0.540. The highest BCUT2D eigenvalue weighted by Gasteiger charge is 2.23. The minimum absolute atomic E-state index is 0.0266. The third-order valence-electron chi connectivity index (χ3n) is 4.63. The van der Waals surface area contributed by atoms with E-state index >= 15 is 0 Å². The fraction of sp³-hybridized carbons (Fsp3) is 0.579. The quantitative estimate of drug-likeness (QED) is 0.831. The molecule has 4 nitrogen and oxygen atoms in total. The summed E-state index contributed by atoms with van der Waals surface area (Å²) in [6.45, 7) is 4.25. The van der Waals surface area contributed by atoms with Crippen molar-refractivity contribution in [3.05, 3.63) is 35.6 Å². The van der Waals surface area contributed by atoms with E-state index in [1.54, 1.807) is 0 Å². The Morgan fingerprint density at radius 1 is 1.21 bits per heavy atom. The predicted molar refractivity (Wildman–Crippen MR) is 92.2 cm³/mol. The zero-order chi connectivity index (χ0) is 17.4. The molecule has 1 aromatic carbocycles. The van der Waals surface area contributed by atoms with Gasteiger partial charge in [-0.25, -0.2) is 4.39 Å². The molecule has 24 heavy (non-hydrogen) atoms. The largest absolute Gasteiger partial charge is 0.356 e. The van der Waals surface area contributed by atoms with Gasteiger partial charge in [0.1, 0.15) is 5.82 Å². The molecule has 5 heteroatoms. The molecule has 1 saturated heterocycles. The summed E-state index contributed by atoms with van der Waals surface area (Å²) in [7, 11) is 0. The van der Waals surface area contributed by atoms with Crippen molar-refractivity contribution in [2.45, 2.75) is 45.4 Å². The number of likely N-dealkylation sites (tertiary alicyclic amines) is 1. The van der Waals surface area contributed by atoms with Crippen molar-refractivity contribution in [1.82, 2.24) is 10.2 Å². The van der Waals surface area contributed by atoms with Crippen LogP contribution in [-0.2, 0) is 4.79 Å². The Labute approximate surface area is 143 Å². The van der Waals surface area contributed by atoms with Crippen LogP contribution < -0.4 is 5.32 Å². The zero-order valence-corrected chi connectivity index (χ0v) is 14.4. The number of halogens is 1. The van der Waals surface area contributed by atoms with Gasteiger partial charge >= 0.3 is 0 Å². The van der Waals surface area contributed by atoms with E-state index in [2.05, 4.69) is 12.2 Å². The third-order valence-corrected chi connectivity index (χ3v) is 4.63. The summed E-state index contributed by atoms with van der Waals surface area (Å²) in [4.78, 5) is 25.8. The van der Waals surface area contributed by atoms with Gasteiger partial charge in [0.15, 0.2) is 0 Å². The number of nitrogens with zero attached hydrogens (tertiary/aromatic N) is 1. The van der Waals surface area contributed by atoms with Crippen LogP contribution in [-0.4, -0.2) is 36.3 Å². The first kappa shape index (κ1) is 18.4. The standard InChI is InChI=1S/C19H27FN2O2/c1-2-3-4-18(23)21-12-9-15-10-13-22(14-11-15)19(24)16-5-7-17(20)8-6-16/h5-8,15H,2-4,9-14H2,1H3,(H,21,23).